The summed E-state index contributed by atoms with van der Waals surface area (Å²) in [6, 6.07) is 14.7. The van der Waals surface area contributed by atoms with E-state index in [1.165, 1.54) is 22.9 Å². The molecule has 0 atom stereocenters. The third-order valence-corrected chi connectivity index (χ3v) is 6.50. The summed E-state index contributed by atoms with van der Waals surface area (Å²) in [4.78, 5) is 17.1. The Morgan fingerprint density at radius 3 is 2.42 bits per heavy atom. The van der Waals surface area contributed by atoms with Gasteiger partial charge in [0.15, 0.2) is 0 Å². The van der Waals surface area contributed by atoms with Crippen LogP contribution in [0.1, 0.15) is 22.3 Å². The van der Waals surface area contributed by atoms with Gasteiger partial charge in [-0.1, -0.05) is 42.1 Å². The second-order valence-corrected chi connectivity index (χ2v) is 9.03. The van der Waals surface area contributed by atoms with Crippen LogP contribution in [0, 0.1) is 20.8 Å². The third-order valence-electron chi connectivity index (χ3n) is 5.60. The third kappa shape index (κ3) is 5.32. The number of tetrazole rings is 1. The number of aryl methyl sites for hydroxylation is 3. The lowest BCUT2D eigenvalue weighted by Crippen LogP contribution is -2.48. The Morgan fingerprint density at radius 1 is 1.00 bits per heavy atom. The van der Waals surface area contributed by atoms with E-state index < -0.39 is 0 Å². The Morgan fingerprint density at radius 2 is 1.71 bits per heavy atom. The van der Waals surface area contributed by atoms with E-state index in [1.807, 2.05) is 17.0 Å². The number of amides is 1. The highest BCUT2D eigenvalue weighted by Crippen LogP contribution is 2.21. The number of piperazine rings is 1. The smallest absolute Gasteiger partial charge is 0.233 e. The average Bonchev–Trinajstić information content (AvgIpc) is 3.22. The Bertz CT molecular complexity index is 1040. The first kappa shape index (κ1) is 21.5. The molecule has 162 valence electrons. The number of rotatable bonds is 6. The van der Waals surface area contributed by atoms with Crippen molar-refractivity contribution in [1.82, 2.24) is 30.0 Å². The monoisotopic (exact) mass is 436 g/mol. The SMILES string of the molecule is Cc1cc(C)cc(-n2nnnc2SCC(=O)N2CCN(Cc3ccccc3C)CC2)c1. The highest BCUT2D eigenvalue weighted by molar-refractivity contribution is 7.99. The number of hydrogen-bond acceptors (Lipinski definition) is 6. The average molecular weight is 437 g/mol. The Kier molecular flexibility index (Phi) is 6.67. The highest BCUT2D eigenvalue weighted by atomic mass is 32.2. The lowest BCUT2D eigenvalue weighted by atomic mass is 10.1. The van der Waals surface area contributed by atoms with Gasteiger partial charge in [0.05, 0.1) is 11.4 Å². The van der Waals surface area contributed by atoms with Crippen molar-refractivity contribution in [3.63, 3.8) is 0 Å². The molecule has 8 heteroatoms. The number of hydrogen-bond donors (Lipinski definition) is 0. The van der Waals surface area contributed by atoms with Crippen LogP contribution in [0.4, 0.5) is 0 Å². The van der Waals surface area contributed by atoms with Gasteiger partial charge in [0, 0.05) is 32.7 Å². The molecule has 31 heavy (non-hydrogen) atoms. The van der Waals surface area contributed by atoms with Crippen molar-refractivity contribution in [3.05, 3.63) is 64.7 Å². The minimum atomic E-state index is 0.135. The first-order valence-electron chi connectivity index (χ1n) is 10.5. The molecule has 1 aliphatic heterocycles. The largest absolute Gasteiger partial charge is 0.339 e. The van der Waals surface area contributed by atoms with Crippen LogP contribution in [0.2, 0.25) is 0 Å². The van der Waals surface area contributed by atoms with Crippen molar-refractivity contribution >= 4 is 17.7 Å². The zero-order valence-electron chi connectivity index (χ0n) is 18.3. The van der Waals surface area contributed by atoms with Gasteiger partial charge < -0.3 is 4.90 Å². The molecule has 1 saturated heterocycles. The molecule has 7 nitrogen and oxygen atoms in total. The van der Waals surface area contributed by atoms with Crippen LogP contribution in [0.25, 0.3) is 5.69 Å². The van der Waals surface area contributed by atoms with Crippen molar-refractivity contribution in [2.24, 2.45) is 0 Å². The van der Waals surface area contributed by atoms with E-state index in [1.54, 1.807) is 4.68 Å². The molecule has 0 unspecified atom stereocenters. The minimum Gasteiger partial charge on any atom is -0.339 e. The summed E-state index contributed by atoms with van der Waals surface area (Å²) < 4.78 is 1.71. The van der Waals surface area contributed by atoms with Crippen LogP contribution in [-0.2, 0) is 11.3 Å². The van der Waals surface area contributed by atoms with E-state index in [-0.39, 0.29) is 5.91 Å². The summed E-state index contributed by atoms with van der Waals surface area (Å²) in [5.41, 5.74) is 5.90. The fraction of sp³-hybridized carbons (Fsp3) is 0.391. The van der Waals surface area contributed by atoms with Crippen LogP contribution >= 0.6 is 11.8 Å². The molecule has 0 bridgehead atoms. The van der Waals surface area contributed by atoms with Gasteiger partial charge in [-0.2, -0.15) is 4.68 Å². The second kappa shape index (κ2) is 9.62. The summed E-state index contributed by atoms with van der Waals surface area (Å²) in [6.45, 7) is 10.5. The summed E-state index contributed by atoms with van der Waals surface area (Å²) in [5.74, 6) is 0.471. The minimum absolute atomic E-state index is 0.135. The van der Waals surface area contributed by atoms with Gasteiger partial charge in [-0.3, -0.25) is 9.69 Å². The maximum absolute atomic E-state index is 12.8. The van der Waals surface area contributed by atoms with Gasteiger partial charge in [-0.25, -0.2) is 0 Å². The van der Waals surface area contributed by atoms with E-state index >= 15 is 0 Å². The van der Waals surface area contributed by atoms with Crippen LogP contribution in [0.5, 0.6) is 0 Å². The van der Waals surface area contributed by atoms with Crippen molar-refractivity contribution in [2.75, 3.05) is 31.9 Å². The molecule has 1 aliphatic rings. The summed E-state index contributed by atoms with van der Waals surface area (Å²) in [5, 5.41) is 12.7. The normalized spacial score (nSPS) is 14.7. The number of carbonyl (C=O) groups excluding carboxylic acids is 1. The van der Waals surface area contributed by atoms with Gasteiger partial charge in [0.25, 0.3) is 0 Å². The van der Waals surface area contributed by atoms with Crippen molar-refractivity contribution in [2.45, 2.75) is 32.5 Å². The molecule has 4 rings (SSSR count). The van der Waals surface area contributed by atoms with Crippen LogP contribution < -0.4 is 0 Å². The Hall–Kier alpha value is -2.71. The van der Waals surface area contributed by atoms with E-state index in [2.05, 4.69) is 71.5 Å². The molecule has 2 heterocycles. The number of carbonyl (C=O) groups is 1. The zero-order chi connectivity index (χ0) is 21.8. The van der Waals surface area contributed by atoms with E-state index in [0.717, 1.165) is 49.5 Å². The lowest BCUT2D eigenvalue weighted by Gasteiger charge is -2.35. The van der Waals surface area contributed by atoms with Crippen LogP contribution in [0.3, 0.4) is 0 Å². The fourth-order valence-corrected chi connectivity index (χ4v) is 4.70. The van der Waals surface area contributed by atoms with Gasteiger partial charge in [-0.15, -0.1) is 5.10 Å². The van der Waals surface area contributed by atoms with Gasteiger partial charge in [0.1, 0.15) is 0 Å². The van der Waals surface area contributed by atoms with Crippen LogP contribution in [0.15, 0.2) is 47.6 Å². The molecule has 1 aromatic heterocycles. The van der Waals surface area contributed by atoms with E-state index in [4.69, 9.17) is 0 Å². The molecule has 2 aromatic carbocycles. The Labute approximate surface area is 187 Å². The molecule has 0 spiro atoms. The molecule has 0 saturated carbocycles. The number of nitrogens with zero attached hydrogens (tertiary/aromatic N) is 6. The molecular weight excluding hydrogens is 408 g/mol. The summed E-state index contributed by atoms with van der Waals surface area (Å²) >= 11 is 1.39. The predicted molar refractivity (Wildman–Crippen MR) is 122 cm³/mol. The van der Waals surface area contributed by atoms with Gasteiger partial charge >= 0.3 is 0 Å². The molecule has 0 N–H and O–H groups in total. The second-order valence-electron chi connectivity index (χ2n) is 8.09. The van der Waals surface area contributed by atoms with E-state index in [0.29, 0.717) is 10.9 Å². The molecule has 3 aromatic rings. The summed E-state index contributed by atoms with van der Waals surface area (Å²) in [6.07, 6.45) is 0. The van der Waals surface area contributed by atoms with Crippen molar-refractivity contribution < 1.29 is 4.79 Å². The molecular formula is C23H28N6OS. The number of benzene rings is 2. The topological polar surface area (TPSA) is 67.2 Å². The lowest BCUT2D eigenvalue weighted by molar-refractivity contribution is -0.130. The van der Waals surface area contributed by atoms with Gasteiger partial charge in [0.2, 0.25) is 11.1 Å². The zero-order valence-corrected chi connectivity index (χ0v) is 19.1. The van der Waals surface area contributed by atoms with Gasteiger partial charge in [-0.05, 0) is 65.6 Å². The number of aromatic nitrogens is 4. The van der Waals surface area contributed by atoms with Crippen molar-refractivity contribution in [3.8, 4) is 5.69 Å². The van der Waals surface area contributed by atoms with Crippen LogP contribution in [-0.4, -0.2) is 67.8 Å². The maximum atomic E-state index is 12.8. The maximum Gasteiger partial charge on any atom is 0.233 e. The molecule has 1 fully saturated rings. The molecule has 0 radical (unpaired) electrons. The quantitative estimate of drug-likeness (QED) is 0.554. The standard InChI is InChI=1S/C23H28N6OS/c1-17-12-18(2)14-21(13-17)29-23(24-25-26-29)31-16-22(30)28-10-8-27(9-11-28)15-20-7-5-4-6-19(20)3/h4-7,12-14H,8-11,15-16H2,1-3H3. The Balaban J connectivity index is 1.31. The van der Waals surface area contributed by atoms with E-state index in [9.17, 15) is 4.79 Å². The summed E-state index contributed by atoms with van der Waals surface area (Å²) in [7, 11) is 0. The number of thioether (sulfide) groups is 1. The highest BCUT2D eigenvalue weighted by Gasteiger charge is 2.22. The first-order valence-corrected chi connectivity index (χ1v) is 11.5. The fourth-order valence-electron chi connectivity index (χ4n) is 3.91. The first-order chi connectivity index (χ1) is 15.0. The van der Waals surface area contributed by atoms with Crippen molar-refractivity contribution in [1.29, 1.82) is 0 Å². The predicted octanol–water partition coefficient (Wildman–Crippen LogP) is 3.02. The molecule has 0 aliphatic carbocycles. The molecule has 1 amide bonds.